The number of hydrogen-bond acceptors (Lipinski definition) is 4. The molecule has 1 saturated carbocycles. The molecule has 1 N–H and O–H groups in total. The number of nitrogens with zero attached hydrogens (tertiary/aromatic N) is 1. The van der Waals surface area contributed by atoms with Crippen molar-refractivity contribution in [1.29, 1.82) is 0 Å². The molecule has 1 aliphatic carbocycles. The average molecular weight is 264 g/mol. The van der Waals surface area contributed by atoms with Crippen molar-refractivity contribution >= 4 is 5.97 Å². The Morgan fingerprint density at radius 3 is 2.63 bits per heavy atom. The number of nitrogens with one attached hydrogen (secondary N) is 1. The van der Waals surface area contributed by atoms with Gasteiger partial charge in [0.15, 0.2) is 0 Å². The smallest absolute Gasteiger partial charge is 0.345 e. The molecule has 1 aliphatic rings. The first kappa shape index (κ1) is 13.8. The van der Waals surface area contributed by atoms with Gasteiger partial charge in [-0.3, -0.25) is 4.79 Å². The molecule has 1 heterocycles. The van der Waals surface area contributed by atoms with Crippen molar-refractivity contribution < 1.29 is 9.53 Å². The molecule has 5 nitrogen and oxygen atoms in total. The summed E-state index contributed by atoms with van der Waals surface area (Å²) >= 11 is 0. The van der Waals surface area contributed by atoms with Gasteiger partial charge in [-0.2, -0.15) is 0 Å². The quantitative estimate of drug-likeness (QED) is 0.672. The molecule has 1 aromatic rings. The maximum absolute atomic E-state index is 11.9. The maximum atomic E-state index is 11.9. The molecule has 0 bridgehead atoms. The SMILES string of the molecule is CCOC(=O)c1cnc(C2CCCCCC2)[nH]c1=O. The number of ether oxygens (including phenoxy) is 1. The van der Waals surface area contributed by atoms with Crippen molar-refractivity contribution in [3.05, 3.63) is 27.9 Å². The summed E-state index contributed by atoms with van der Waals surface area (Å²) in [5.41, 5.74) is -0.410. The summed E-state index contributed by atoms with van der Waals surface area (Å²) in [4.78, 5) is 30.4. The Kier molecular flexibility index (Phi) is 4.71. The Labute approximate surface area is 112 Å². The van der Waals surface area contributed by atoms with E-state index in [4.69, 9.17) is 4.74 Å². The van der Waals surface area contributed by atoms with Crippen LogP contribution in [0.5, 0.6) is 0 Å². The molecule has 19 heavy (non-hydrogen) atoms. The highest BCUT2D eigenvalue weighted by Crippen LogP contribution is 2.28. The maximum Gasteiger partial charge on any atom is 0.345 e. The summed E-state index contributed by atoms with van der Waals surface area (Å²) in [6.07, 6.45) is 8.31. The summed E-state index contributed by atoms with van der Waals surface area (Å²) in [5, 5.41) is 0. The molecule has 0 unspecified atom stereocenters. The zero-order chi connectivity index (χ0) is 13.7. The molecule has 0 amide bonds. The zero-order valence-corrected chi connectivity index (χ0v) is 11.3. The molecular formula is C14H20N2O3. The second-order valence-corrected chi connectivity index (χ2v) is 4.92. The molecule has 0 atom stereocenters. The van der Waals surface area contributed by atoms with E-state index in [1.54, 1.807) is 6.92 Å². The van der Waals surface area contributed by atoms with E-state index in [1.807, 2.05) is 0 Å². The summed E-state index contributed by atoms with van der Waals surface area (Å²) < 4.78 is 4.82. The lowest BCUT2D eigenvalue weighted by atomic mass is 9.99. The minimum Gasteiger partial charge on any atom is -0.462 e. The van der Waals surface area contributed by atoms with Gasteiger partial charge in [0.25, 0.3) is 5.56 Å². The Balaban J connectivity index is 2.18. The average Bonchev–Trinajstić information content (AvgIpc) is 2.67. The highest BCUT2D eigenvalue weighted by molar-refractivity contribution is 5.88. The molecule has 5 heteroatoms. The molecule has 1 aromatic heterocycles. The van der Waals surface area contributed by atoms with Crippen LogP contribution in [-0.4, -0.2) is 22.5 Å². The molecule has 0 saturated heterocycles. The van der Waals surface area contributed by atoms with Crippen molar-refractivity contribution in [3.63, 3.8) is 0 Å². The highest BCUT2D eigenvalue weighted by Gasteiger charge is 2.19. The third-order valence-electron chi connectivity index (χ3n) is 3.56. The molecule has 0 aromatic carbocycles. The first-order chi connectivity index (χ1) is 9.22. The molecule has 0 spiro atoms. The lowest BCUT2D eigenvalue weighted by Crippen LogP contribution is -2.23. The van der Waals surface area contributed by atoms with Crippen LogP contribution in [0.15, 0.2) is 11.0 Å². The topological polar surface area (TPSA) is 72.0 Å². The van der Waals surface area contributed by atoms with Gasteiger partial charge < -0.3 is 9.72 Å². The van der Waals surface area contributed by atoms with Crippen molar-refractivity contribution in [2.24, 2.45) is 0 Å². The Morgan fingerprint density at radius 1 is 1.37 bits per heavy atom. The van der Waals surface area contributed by atoms with Crippen LogP contribution >= 0.6 is 0 Å². The Bertz CT molecular complexity index is 488. The molecule has 0 radical (unpaired) electrons. The van der Waals surface area contributed by atoms with Crippen LogP contribution in [0.1, 0.15) is 67.5 Å². The summed E-state index contributed by atoms with van der Waals surface area (Å²) in [6.45, 7) is 1.96. The predicted molar refractivity (Wildman–Crippen MR) is 71.3 cm³/mol. The van der Waals surface area contributed by atoms with Gasteiger partial charge >= 0.3 is 5.97 Å². The lowest BCUT2D eigenvalue weighted by molar-refractivity contribution is 0.0523. The molecule has 104 valence electrons. The largest absolute Gasteiger partial charge is 0.462 e. The van der Waals surface area contributed by atoms with Crippen LogP contribution in [0.2, 0.25) is 0 Å². The fourth-order valence-corrected chi connectivity index (χ4v) is 2.52. The number of H-pyrrole nitrogens is 1. The van der Waals surface area contributed by atoms with E-state index in [0.29, 0.717) is 11.7 Å². The van der Waals surface area contributed by atoms with Crippen molar-refractivity contribution in [3.8, 4) is 0 Å². The molecular weight excluding hydrogens is 244 g/mol. The number of carbonyl (C=O) groups is 1. The third kappa shape index (κ3) is 3.43. The van der Waals surface area contributed by atoms with Crippen LogP contribution in [0.25, 0.3) is 0 Å². The van der Waals surface area contributed by atoms with E-state index in [-0.39, 0.29) is 12.2 Å². The predicted octanol–water partition coefficient (Wildman–Crippen LogP) is 2.38. The van der Waals surface area contributed by atoms with Crippen LogP contribution in [0.4, 0.5) is 0 Å². The fourth-order valence-electron chi connectivity index (χ4n) is 2.52. The van der Waals surface area contributed by atoms with E-state index >= 15 is 0 Å². The van der Waals surface area contributed by atoms with Crippen molar-refractivity contribution in [2.75, 3.05) is 6.61 Å². The Morgan fingerprint density at radius 2 is 2.05 bits per heavy atom. The van der Waals surface area contributed by atoms with Gasteiger partial charge in [0.1, 0.15) is 11.4 Å². The van der Waals surface area contributed by atoms with Gasteiger partial charge in [-0.25, -0.2) is 9.78 Å². The van der Waals surface area contributed by atoms with Crippen molar-refractivity contribution in [2.45, 2.75) is 51.4 Å². The second kappa shape index (κ2) is 6.50. The number of hydrogen-bond donors (Lipinski definition) is 1. The molecule has 2 rings (SSSR count). The van der Waals surface area contributed by atoms with E-state index in [1.165, 1.54) is 31.9 Å². The number of esters is 1. The molecule has 1 fully saturated rings. The van der Waals surface area contributed by atoms with Gasteiger partial charge in [-0.15, -0.1) is 0 Å². The first-order valence-electron chi connectivity index (χ1n) is 6.98. The van der Waals surface area contributed by atoms with Crippen LogP contribution < -0.4 is 5.56 Å². The number of aromatic amines is 1. The zero-order valence-electron chi connectivity index (χ0n) is 11.3. The van der Waals surface area contributed by atoms with E-state index in [2.05, 4.69) is 9.97 Å². The van der Waals surface area contributed by atoms with E-state index in [9.17, 15) is 9.59 Å². The van der Waals surface area contributed by atoms with E-state index < -0.39 is 11.5 Å². The van der Waals surface area contributed by atoms with Crippen molar-refractivity contribution in [1.82, 2.24) is 9.97 Å². The summed E-state index contributed by atoms with van der Waals surface area (Å²) in [7, 11) is 0. The third-order valence-corrected chi connectivity index (χ3v) is 3.56. The van der Waals surface area contributed by atoms with Gasteiger partial charge in [-0.1, -0.05) is 25.7 Å². The number of carbonyl (C=O) groups excluding carboxylic acids is 1. The van der Waals surface area contributed by atoms with Gasteiger partial charge in [0, 0.05) is 12.1 Å². The second-order valence-electron chi connectivity index (χ2n) is 4.92. The minimum absolute atomic E-state index is 0.0146. The minimum atomic E-state index is -0.608. The normalized spacial score (nSPS) is 16.9. The van der Waals surface area contributed by atoms with E-state index in [0.717, 1.165) is 12.8 Å². The summed E-state index contributed by atoms with van der Waals surface area (Å²) in [5.74, 6) is 0.412. The molecule has 0 aliphatic heterocycles. The van der Waals surface area contributed by atoms with Gasteiger partial charge in [-0.05, 0) is 19.8 Å². The van der Waals surface area contributed by atoms with Crippen LogP contribution in [0, 0.1) is 0 Å². The monoisotopic (exact) mass is 264 g/mol. The standard InChI is InChI=1S/C14H20N2O3/c1-2-19-14(18)11-9-15-12(16-13(11)17)10-7-5-3-4-6-8-10/h9-10H,2-8H2,1H3,(H,15,16,17). The highest BCUT2D eigenvalue weighted by atomic mass is 16.5. The summed E-state index contributed by atoms with van der Waals surface area (Å²) in [6, 6.07) is 0. The fraction of sp³-hybridized carbons (Fsp3) is 0.643. The first-order valence-corrected chi connectivity index (χ1v) is 6.98. The number of rotatable bonds is 3. The number of aromatic nitrogens is 2. The van der Waals surface area contributed by atoms with Gasteiger partial charge in [0.05, 0.1) is 6.61 Å². The van der Waals surface area contributed by atoms with Gasteiger partial charge in [0.2, 0.25) is 0 Å². The lowest BCUT2D eigenvalue weighted by Gasteiger charge is -2.12. The van der Waals surface area contributed by atoms with Crippen LogP contribution in [-0.2, 0) is 4.74 Å². The van der Waals surface area contributed by atoms with Crippen LogP contribution in [0.3, 0.4) is 0 Å². The Hall–Kier alpha value is -1.65.